The van der Waals surface area contributed by atoms with Crippen LogP contribution in [0.4, 0.5) is 14.9 Å². The van der Waals surface area contributed by atoms with Gasteiger partial charge in [0.05, 0.1) is 31.9 Å². The Morgan fingerprint density at radius 2 is 1.67 bits per heavy atom. The lowest BCUT2D eigenvalue weighted by Crippen LogP contribution is -2.48. The van der Waals surface area contributed by atoms with Crippen LogP contribution in [0.1, 0.15) is 34.4 Å². The van der Waals surface area contributed by atoms with Crippen LogP contribution in [0.15, 0.2) is 65.1 Å². The van der Waals surface area contributed by atoms with Crippen LogP contribution in [0.5, 0.6) is 0 Å². The van der Waals surface area contributed by atoms with Crippen LogP contribution in [-0.2, 0) is 27.4 Å². The number of urea groups is 1. The molecule has 1 fully saturated rings. The highest BCUT2D eigenvalue weighted by atomic mass is 19.1. The van der Waals surface area contributed by atoms with Gasteiger partial charge in [-0.25, -0.2) is 14.0 Å². The number of morpholine rings is 1. The summed E-state index contributed by atoms with van der Waals surface area (Å²) in [5.41, 5.74) is 1.60. The first-order valence-electron chi connectivity index (χ1n) is 14.0. The van der Waals surface area contributed by atoms with E-state index in [1.807, 2.05) is 19.1 Å². The predicted molar refractivity (Wildman–Crippen MR) is 154 cm³/mol. The van der Waals surface area contributed by atoms with E-state index < -0.39 is 12.0 Å². The highest BCUT2D eigenvalue weighted by Gasteiger charge is 2.24. The summed E-state index contributed by atoms with van der Waals surface area (Å²) in [5.74, 6) is 0.234. The molecule has 1 aliphatic rings. The van der Waals surface area contributed by atoms with E-state index in [9.17, 15) is 18.8 Å². The number of halogens is 1. The summed E-state index contributed by atoms with van der Waals surface area (Å²) in [6.45, 7) is 7.65. The fourth-order valence-electron chi connectivity index (χ4n) is 4.51. The lowest BCUT2D eigenvalue weighted by atomic mass is 10.2. The molecule has 10 nitrogen and oxygen atoms in total. The van der Waals surface area contributed by atoms with Gasteiger partial charge in [0.15, 0.2) is 0 Å². The maximum atomic E-state index is 13.7. The van der Waals surface area contributed by atoms with Gasteiger partial charge < -0.3 is 29.0 Å². The normalized spacial score (nSPS) is 13.4. The number of hydrogen-bond acceptors (Lipinski definition) is 7. The Bertz CT molecular complexity index is 1320. The molecule has 0 spiro atoms. The molecule has 3 aromatic rings. The molecular weight excluding hydrogens is 543 g/mol. The number of carbonyl (C=O) groups is 3. The molecule has 2 aromatic carbocycles. The third-order valence-electron chi connectivity index (χ3n) is 6.83. The number of nitrogens with one attached hydrogen (secondary N) is 1. The number of esters is 1. The Balaban J connectivity index is 1.49. The molecule has 0 unspecified atom stereocenters. The number of amides is 3. The van der Waals surface area contributed by atoms with Crippen LogP contribution in [-0.4, -0.2) is 85.2 Å². The zero-order chi connectivity index (χ0) is 29.9. The first-order valence-corrected chi connectivity index (χ1v) is 14.0. The third-order valence-corrected chi connectivity index (χ3v) is 6.83. The average molecular weight is 581 g/mol. The molecule has 0 aliphatic carbocycles. The van der Waals surface area contributed by atoms with E-state index in [1.54, 1.807) is 48.2 Å². The van der Waals surface area contributed by atoms with Gasteiger partial charge in [-0.3, -0.25) is 9.69 Å². The Morgan fingerprint density at radius 1 is 0.952 bits per heavy atom. The molecule has 1 saturated heterocycles. The number of hydrogen-bond donors (Lipinski definition) is 1. The summed E-state index contributed by atoms with van der Waals surface area (Å²) in [5, 5.41) is 2.84. The number of nitrogens with zero attached hydrogens (tertiary/aromatic N) is 3. The van der Waals surface area contributed by atoms with Crippen molar-refractivity contribution in [1.82, 2.24) is 14.7 Å². The molecule has 4 rings (SSSR count). The maximum absolute atomic E-state index is 13.7. The van der Waals surface area contributed by atoms with Gasteiger partial charge in [0, 0.05) is 38.4 Å². The minimum atomic E-state index is -0.448. The van der Waals surface area contributed by atoms with Gasteiger partial charge >= 0.3 is 12.0 Å². The predicted octanol–water partition coefficient (Wildman–Crippen LogP) is 4.30. The summed E-state index contributed by atoms with van der Waals surface area (Å²) in [7, 11) is 0. The first-order chi connectivity index (χ1) is 20.3. The van der Waals surface area contributed by atoms with E-state index >= 15 is 0 Å². The number of ether oxygens (including phenoxy) is 2. The molecule has 0 saturated carbocycles. The van der Waals surface area contributed by atoms with E-state index in [-0.39, 0.29) is 38.0 Å². The minimum absolute atomic E-state index is 0.183. The molecular formula is C31H37FN4O6. The fourth-order valence-corrected chi connectivity index (χ4v) is 4.51. The summed E-state index contributed by atoms with van der Waals surface area (Å²) in [6.07, 6.45) is 0. The van der Waals surface area contributed by atoms with E-state index in [0.29, 0.717) is 43.3 Å². The molecule has 224 valence electrons. The SMILES string of the molecule is CCOC(=O)c1ccc(NC(=O)N(CCN2CCOCC2)CC(=O)N(Cc2ccc(F)cc2)Cc2ccc(C)o2)cc1. The van der Waals surface area contributed by atoms with Crippen LogP contribution >= 0.6 is 0 Å². The number of benzene rings is 2. The monoisotopic (exact) mass is 580 g/mol. The fraction of sp³-hybridized carbons (Fsp3) is 0.387. The molecule has 0 bridgehead atoms. The van der Waals surface area contributed by atoms with Crippen molar-refractivity contribution < 1.29 is 32.7 Å². The molecule has 1 N–H and O–H groups in total. The summed E-state index contributed by atoms with van der Waals surface area (Å²) < 4.78 is 29.7. The molecule has 0 atom stereocenters. The molecule has 0 radical (unpaired) electrons. The van der Waals surface area contributed by atoms with Gasteiger partial charge in [0.25, 0.3) is 0 Å². The highest BCUT2D eigenvalue weighted by Crippen LogP contribution is 2.16. The van der Waals surface area contributed by atoms with Crippen molar-refractivity contribution in [2.45, 2.75) is 26.9 Å². The van der Waals surface area contributed by atoms with Crippen molar-refractivity contribution in [3.8, 4) is 0 Å². The van der Waals surface area contributed by atoms with Crippen LogP contribution < -0.4 is 5.32 Å². The van der Waals surface area contributed by atoms with Crippen LogP contribution in [0.2, 0.25) is 0 Å². The highest BCUT2D eigenvalue weighted by molar-refractivity contribution is 5.94. The van der Waals surface area contributed by atoms with Crippen LogP contribution in [0.25, 0.3) is 0 Å². The number of carbonyl (C=O) groups excluding carboxylic acids is 3. The Morgan fingerprint density at radius 3 is 2.31 bits per heavy atom. The molecule has 3 amide bonds. The van der Waals surface area contributed by atoms with Crippen molar-refractivity contribution in [3.05, 3.63) is 89.1 Å². The molecule has 11 heteroatoms. The van der Waals surface area contributed by atoms with E-state index in [1.165, 1.54) is 17.0 Å². The van der Waals surface area contributed by atoms with Crippen LogP contribution in [0, 0.1) is 12.7 Å². The summed E-state index contributed by atoms with van der Waals surface area (Å²) in [4.78, 5) is 44.4. The topological polar surface area (TPSA) is 105 Å². The van der Waals surface area contributed by atoms with Crippen molar-refractivity contribution in [2.75, 3.05) is 57.9 Å². The molecule has 2 heterocycles. The lowest BCUT2D eigenvalue weighted by molar-refractivity contribution is -0.133. The Hall–Kier alpha value is -4.22. The van der Waals surface area contributed by atoms with E-state index in [2.05, 4.69) is 10.2 Å². The van der Waals surface area contributed by atoms with Crippen LogP contribution in [0.3, 0.4) is 0 Å². The standard InChI is InChI=1S/C31H37FN4O6/c1-3-41-30(38)25-7-11-27(12-8-25)33-31(39)35(15-14-34-16-18-40-19-17-34)22-29(37)36(21-28-13-4-23(2)42-28)20-24-5-9-26(32)10-6-24/h4-13H,3,14-22H2,1-2H3,(H,33,39). The zero-order valence-electron chi connectivity index (χ0n) is 24.0. The van der Waals surface area contributed by atoms with E-state index in [4.69, 9.17) is 13.9 Å². The number of anilines is 1. The average Bonchev–Trinajstić information content (AvgIpc) is 3.41. The minimum Gasteiger partial charge on any atom is -0.464 e. The summed E-state index contributed by atoms with van der Waals surface area (Å²) >= 11 is 0. The van der Waals surface area contributed by atoms with Crippen molar-refractivity contribution >= 4 is 23.6 Å². The van der Waals surface area contributed by atoms with Crippen molar-refractivity contribution in [1.29, 1.82) is 0 Å². The molecule has 42 heavy (non-hydrogen) atoms. The second-order valence-electron chi connectivity index (χ2n) is 9.99. The second-order valence-corrected chi connectivity index (χ2v) is 9.99. The number of furan rings is 1. The van der Waals surface area contributed by atoms with Gasteiger partial charge in [0.2, 0.25) is 5.91 Å². The second kappa shape index (κ2) is 15.1. The van der Waals surface area contributed by atoms with E-state index in [0.717, 1.165) is 24.4 Å². The van der Waals surface area contributed by atoms with Gasteiger partial charge in [-0.1, -0.05) is 12.1 Å². The maximum Gasteiger partial charge on any atom is 0.338 e. The van der Waals surface area contributed by atoms with Crippen molar-refractivity contribution in [2.24, 2.45) is 0 Å². The summed E-state index contributed by atoms with van der Waals surface area (Å²) in [6, 6.07) is 15.5. The molecule has 1 aliphatic heterocycles. The van der Waals surface area contributed by atoms with Gasteiger partial charge in [-0.15, -0.1) is 0 Å². The van der Waals surface area contributed by atoms with Gasteiger partial charge in [-0.2, -0.15) is 0 Å². The Labute approximate surface area is 245 Å². The molecule has 1 aromatic heterocycles. The smallest absolute Gasteiger partial charge is 0.338 e. The number of aryl methyl sites for hydroxylation is 1. The lowest BCUT2D eigenvalue weighted by Gasteiger charge is -2.31. The first kappa shape index (κ1) is 30.7. The van der Waals surface area contributed by atoms with Gasteiger partial charge in [0.1, 0.15) is 23.9 Å². The third kappa shape index (κ3) is 9.15. The largest absolute Gasteiger partial charge is 0.464 e. The Kier molecular flexibility index (Phi) is 11.1. The van der Waals surface area contributed by atoms with Gasteiger partial charge in [-0.05, 0) is 67.9 Å². The number of rotatable bonds is 12. The van der Waals surface area contributed by atoms with Crippen molar-refractivity contribution in [3.63, 3.8) is 0 Å². The quantitative estimate of drug-likeness (QED) is 0.319. The zero-order valence-corrected chi connectivity index (χ0v) is 24.0.